The van der Waals surface area contributed by atoms with E-state index in [1.54, 1.807) is 0 Å². The van der Waals surface area contributed by atoms with Crippen molar-refractivity contribution in [2.45, 2.75) is 31.8 Å². The van der Waals surface area contributed by atoms with Crippen molar-refractivity contribution < 1.29 is 0 Å². The highest BCUT2D eigenvalue weighted by Gasteiger charge is 2.21. The van der Waals surface area contributed by atoms with Crippen LogP contribution in [0.5, 0.6) is 0 Å². The van der Waals surface area contributed by atoms with E-state index in [2.05, 4.69) is 33.4 Å². The van der Waals surface area contributed by atoms with Crippen LogP contribution in [0.3, 0.4) is 0 Å². The second-order valence-corrected chi connectivity index (χ2v) is 4.85. The molecule has 0 spiro atoms. The van der Waals surface area contributed by atoms with E-state index in [-0.39, 0.29) is 0 Å². The minimum Gasteiger partial charge on any atom is -0.352 e. The van der Waals surface area contributed by atoms with Gasteiger partial charge in [0.2, 0.25) is 0 Å². The third-order valence-electron chi connectivity index (χ3n) is 3.38. The molecule has 17 heavy (non-hydrogen) atoms. The zero-order valence-electron chi connectivity index (χ0n) is 10.1. The summed E-state index contributed by atoms with van der Waals surface area (Å²) in [5.41, 5.74) is 1.33. The van der Waals surface area contributed by atoms with Crippen molar-refractivity contribution in [3.05, 3.63) is 36.0 Å². The Morgan fingerprint density at radius 1 is 1.35 bits per heavy atom. The van der Waals surface area contributed by atoms with E-state index in [0.29, 0.717) is 0 Å². The molecule has 3 rings (SSSR count). The van der Waals surface area contributed by atoms with E-state index in [1.165, 1.54) is 18.4 Å². The fourth-order valence-electron chi connectivity index (χ4n) is 2.23. The van der Waals surface area contributed by atoms with Crippen LogP contribution in [0.4, 0.5) is 5.82 Å². The third-order valence-corrected chi connectivity index (χ3v) is 3.38. The molecule has 2 heterocycles. The molecule has 90 valence electrons. The van der Waals surface area contributed by atoms with Gasteiger partial charge in [-0.2, -0.15) is 0 Å². The standard InChI is InChI=1S/C14H19N3/c1-2-9-17(10-3-1)14-12(5-4-8-15-14)11-16-13-6-7-13/h1-2,4-5,8,13,16H,3,6-7,9-11H2. The lowest BCUT2D eigenvalue weighted by atomic mass is 10.2. The summed E-state index contributed by atoms with van der Waals surface area (Å²) < 4.78 is 0. The van der Waals surface area contributed by atoms with Gasteiger partial charge in [-0.3, -0.25) is 0 Å². The molecule has 0 saturated heterocycles. The van der Waals surface area contributed by atoms with Crippen LogP contribution in [0.2, 0.25) is 0 Å². The lowest BCUT2D eigenvalue weighted by Gasteiger charge is -2.26. The van der Waals surface area contributed by atoms with E-state index in [1.807, 2.05) is 12.3 Å². The smallest absolute Gasteiger partial charge is 0.133 e. The predicted octanol–water partition coefficient (Wildman–Crippen LogP) is 2.10. The first kappa shape index (κ1) is 10.8. The van der Waals surface area contributed by atoms with Gasteiger partial charge in [-0.15, -0.1) is 0 Å². The molecule has 1 aliphatic carbocycles. The molecule has 1 fully saturated rings. The number of aromatic nitrogens is 1. The number of hydrogen-bond donors (Lipinski definition) is 1. The Labute approximate surface area is 103 Å². The highest BCUT2D eigenvalue weighted by Crippen LogP contribution is 2.22. The number of nitrogens with zero attached hydrogens (tertiary/aromatic N) is 2. The topological polar surface area (TPSA) is 28.2 Å². The normalized spacial score (nSPS) is 19.6. The first-order valence-electron chi connectivity index (χ1n) is 6.51. The molecule has 0 bridgehead atoms. The Kier molecular flexibility index (Phi) is 3.10. The molecule has 3 nitrogen and oxygen atoms in total. The number of hydrogen-bond acceptors (Lipinski definition) is 3. The van der Waals surface area contributed by atoms with Crippen molar-refractivity contribution in [1.29, 1.82) is 0 Å². The van der Waals surface area contributed by atoms with Gasteiger partial charge in [-0.1, -0.05) is 18.2 Å². The van der Waals surface area contributed by atoms with Crippen molar-refractivity contribution in [2.24, 2.45) is 0 Å². The van der Waals surface area contributed by atoms with Gasteiger partial charge in [-0.05, 0) is 25.3 Å². The Morgan fingerprint density at radius 2 is 2.29 bits per heavy atom. The fourth-order valence-corrected chi connectivity index (χ4v) is 2.23. The van der Waals surface area contributed by atoms with E-state index in [0.717, 1.165) is 37.9 Å². The number of pyridine rings is 1. The van der Waals surface area contributed by atoms with Crippen LogP contribution in [0.1, 0.15) is 24.8 Å². The Bertz CT molecular complexity index is 410. The largest absolute Gasteiger partial charge is 0.352 e. The van der Waals surface area contributed by atoms with E-state index < -0.39 is 0 Å². The summed E-state index contributed by atoms with van der Waals surface area (Å²) in [6, 6.07) is 4.98. The van der Waals surface area contributed by atoms with E-state index >= 15 is 0 Å². The minimum atomic E-state index is 0.754. The van der Waals surface area contributed by atoms with Crippen molar-refractivity contribution in [3.63, 3.8) is 0 Å². The van der Waals surface area contributed by atoms with E-state index in [9.17, 15) is 0 Å². The van der Waals surface area contributed by atoms with Crippen LogP contribution in [-0.2, 0) is 6.54 Å². The molecule has 0 aromatic carbocycles. The summed E-state index contributed by atoms with van der Waals surface area (Å²) in [5, 5.41) is 3.57. The quantitative estimate of drug-likeness (QED) is 0.801. The Morgan fingerprint density at radius 3 is 3.06 bits per heavy atom. The first-order valence-corrected chi connectivity index (χ1v) is 6.51. The second kappa shape index (κ2) is 4.88. The number of anilines is 1. The summed E-state index contributed by atoms with van der Waals surface area (Å²) in [6.45, 7) is 3.03. The van der Waals surface area contributed by atoms with Crippen LogP contribution in [-0.4, -0.2) is 24.1 Å². The SMILES string of the molecule is C1=CCN(c2ncccc2CNC2CC2)CC1. The van der Waals surface area contributed by atoms with Crippen LogP contribution in [0.15, 0.2) is 30.5 Å². The van der Waals surface area contributed by atoms with Gasteiger partial charge in [0.25, 0.3) is 0 Å². The predicted molar refractivity (Wildman–Crippen MR) is 70.1 cm³/mol. The second-order valence-electron chi connectivity index (χ2n) is 4.85. The maximum absolute atomic E-state index is 4.55. The molecule has 0 unspecified atom stereocenters. The average Bonchev–Trinajstić information content (AvgIpc) is 3.22. The zero-order chi connectivity index (χ0) is 11.5. The number of nitrogens with one attached hydrogen (secondary N) is 1. The maximum Gasteiger partial charge on any atom is 0.133 e. The molecular weight excluding hydrogens is 210 g/mol. The van der Waals surface area contributed by atoms with Gasteiger partial charge in [0, 0.05) is 37.4 Å². The molecule has 1 aliphatic heterocycles. The minimum absolute atomic E-state index is 0.754. The zero-order valence-corrected chi connectivity index (χ0v) is 10.1. The highest BCUT2D eigenvalue weighted by molar-refractivity contribution is 5.48. The van der Waals surface area contributed by atoms with Crippen molar-refractivity contribution in [3.8, 4) is 0 Å². The van der Waals surface area contributed by atoms with Crippen LogP contribution in [0.25, 0.3) is 0 Å². The van der Waals surface area contributed by atoms with Crippen LogP contribution >= 0.6 is 0 Å². The van der Waals surface area contributed by atoms with Gasteiger partial charge in [-0.25, -0.2) is 4.98 Å². The molecule has 0 radical (unpaired) electrons. The molecule has 1 aromatic rings. The molecular formula is C14H19N3. The van der Waals surface area contributed by atoms with Crippen molar-refractivity contribution >= 4 is 5.82 Å². The molecule has 0 amide bonds. The van der Waals surface area contributed by atoms with Crippen molar-refractivity contribution in [2.75, 3.05) is 18.0 Å². The maximum atomic E-state index is 4.55. The fraction of sp³-hybridized carbons (Fsp3) is 0.500. The van der Waals surface area contributed by atoms with Crippen LogP contribution in [0, 0.1) is 0 Å². The molecule has 2 aliphatic rings. The molecule has 1 aromatic heterocycles. The van der Waals surface area contributed by atoms with Gasteiger partial charge in [0.15, 0.2) is 0 Å². The highest BCUT2D eigenvalue weighted by atomic mass is 15.2. The summed E-state index contributed by atoms with van der Waals surface area (Å²) in [6.07, 6.45) is 10.2. The average molecular weight is 229 g/mol. The summed E-state index contributed by atoms with van der Waals surface area (Å²) >= 11 is 0. The summed E-state index contributed by atoms with van der Waals surface area (Å²) in [5.74, 6) is 1.16. The van der Waals surface area contributed by atoms with Gasteiger partial charge >= 0.3 is 0 Å². The van der Waals surface area contributed by atoms with Crippen molar-refractivity contribution in [1.82, 2.24) is 10.3 Å². The molecule has 0 atom stereocenters. The Balaban J connectivity index is 1.74. The lowest BCUT2D eigenvalue weighted by molar-refractivity contribution is 0.680. The monoisotopic (exact) mass is 229 g/mol. The third kappa shape index (κ3) is 2.67. The lowest BCUT2D eigenvalue weighted by Crippen LogP contribution is -2.29. The van der Waals surface area contributed by atoms with Gasteiger partial charge in [0.05, 0.1) is 0 Å². The summed E-state index contributed by atoms with van der Waals surface area (Å²) in [7, 11) is 0. The number of rotatable bonds is 4. The van der Waals surface area contributed by atoms with Crippen LogP contribution < -0.4 is 10.2 Å². The molecule has 3 heteroatoms. The molecule has 1 saturated carbocycles. The first-order chi connectivity index (χ1) is 8.43. The Hall–Kier alpha value is -1.35. The summed E-state index contributed by atoms with van der Waals surface area (Å²) in [4.78, 5) is 6.92. The van der Waals surface area contributed by atoms with E-state index in [4.69, 9.17) is 0 Å². The molecule has 1 N–H and O–H groups in total. The van der Waals surface area contributed by atoms with Gasteiger partial charge in [0.1, 0.15) is 5.82 Å². The van der Waals surface area contributed by atoms with Gasteiger partial charge < -0.3 is 10.2 Å².